The molecule has 1 aliphatic heterocycles. The lowest BCUT2D eigenvalue weighted by atomic mass is 10.1. The Labute approximate surface area is 178 Å². The maximum atomic E-state index is 12.1. The fraction of sp³-hybridized carbons (Fsp3) is 0.636. The van der Waals surface area contributed by atoms with Gasteiger partial charge < -0.3 is 15.0 Å². The quantitative estimate of drug-likeness (QED) is 0.719. The van der Waals surface area contributed by atoms with Crippen molar-refractivity contribution in [3.63, 3.8) is 0 Å². The zero-order chi connectivity index (χ0) is 20.9. The second kappa shape index (κ2) is 9.85. The molecule has 6 nitrogen and oxygen atoms in total. The van der Waals surface area contributed by atoms with E-state index in [-0.39, 0.29) is 12.0 Å². The summed E-state index contributed by atoms with van der Waals surface area (Å²) < 4.78 is 5.42. The van der Waals surface area contributed by atoms with Gasteiger partial charge in [-0.05, 0) is 63.3 Å². The maximum Gasteiger partial charge on any atom is 0.410 e. The molecule has 7 heteroatoms. The second-order valence-electron chi connectivity index (χ2n) is 8.73. The molecule has 2 aliphatic rings. The van der Waals surface area contributed by atoms with Gasteiger partial charge in [-0.3, -0.25) is 9.69 Å². The summed E-state index contributed by atoms with van der Waals surface area (Å²) in [5.74, 6) is 0.522. The van der Waals surface area contributed by atoms with Gasteiger partial charge in [-0.1, -0.05) is 6.07 Å². The van der Waals surface area contributed by atoms with Crippen molar-refractivity contribution >= 4 is 23.8 Å². The summed E-state index contributed by atoms with van der Waals surface area (Å²) in [7, 11) is 0. The van der Waals surface area contributed by atoms with Crippen molar-refractivity contribution in [2.75, 3.05) is 45.0 Å². The lowest BCUT2D eigenvalue weighted by Gasteiger charge is -2.35. The molecule has 1 fully saturated rings. The average molecular weight is 420 g/mol. The first-order valence-corrected chi connectivity index (χ1v) is 11.5. The number of benzene rings is 1. The summed E-state index contributed by atoms with van der Waals surface area (Å²) in [6, 6.07) is 6.58. The van der Waals surface area contributed by atoms with Crippen LogP contribution in [0.2, 0.25) is 0 Å². The molecule has 0 saturated carbocycles. The molecule has 3 rings (SSSR count). The first-order chi connectivity index (χ1) is 13.8. The minimum absolute atomic E-state index is 0.0721. The SMILES string of the molecule is CC(C)(C)OC(=O)N1CCN(CCNC(=O)CSc2ccc3c(c2)CCC3)CC1. The van der Waals surface area contributed by atoms with E-state index in [0.29, 0.717) is 25.4 Å². The highest BCUT2D eigenvalue weighted by molar-refractivity contribution is 8.00. The maximum absolute atomic E-state index is 12.1. The molecule has 2 amide bonds. The molecule has 0 unspecified atom stereocenters. The number of thioether (sulfide) groups is 1. The Kier molecular flexibility index (Phi) is 7.46. The fourth-order valence-electron chi connectivity index (χ4n) is 3.67. The van der Waals surface area contributed by atoms with Crippen LogP contribution in [0.25, 0.3) is 0 Å². The van der Waals surface area contributed by atoms with E-state index in [1.807, 2.05) is 20.8 Å². The number of hydrogen-bond acceptors (Lipinski definition) is 5. The van der Waals surface area contributed by atoms with E-state index in [1.54, 1.807) is 16.7 Å². The highest BCUT2D eigenvalue weighted by Crippen LogP contribution is 2.27. The van der Waals surface area contributed by atoms with Crippen molar-refractivity contribution in [1.29, 1.82) is 0 Å². The summed E-state index contributed by atoms with van der Waals surface area (Å²) in [4.78, 5) is 29.5. The molecule has 1 aromatic rings. The monoisotopic (exact) mass is 419 g/mol. The van der Waals surface area contributed by atoms with Gasteiger partial charge in [0.2, 0.25) is 5.91 Å². The normalized spacial score (nSPS) is 17.1. The molecule has 0 atom stereocenters. The number of amides is 2. The van der Waals surface area contributed by atoms with Gasteiger partial charge in [-0.2, -0.15) is 0 Å². The Bertz CT molecular complexity index is 725. The van der Waals surface area contributed by atoms with Crippen LogP contribution >= 0.6 is 11.8 Å². The Morgan fingerprint density at radius 1 is 1.10 bits per heavy atom. The molecule has 1 N–H and O–H groups in total. The number of nitrogens with zero attached hydrogens (tertiary/aromatic N) is 2. The van der Waals surface area contributed by atoms with Gasteiger partial charge in [0.25, 0.3) is 0 Å². The third-order valence-corrected chi connectivity index (χ3v) is 6.21. The predicted molar refractivity (Wildman–Crippen MR) is 116 cm³/mol. The summed E-state index contributed by atoms with van der Waals surface area (Å²) >= 11 is 1.60. The van der Waals surface area contributed by atoms with E-state index in [1.165, 1.54) is 28.9 Å². The first-order valence-electron chi connectivity index (χ1n) is 10.5. The van der Waals surface area contributed by atoms with Gasteiger partial charge in [0, 0.05) is 44.2 Å². The largest absolute Gasteiger partial charge is 0.444 e. The molecule has 29 heavy (non-hydrogen) atoms. The van der Waals surface area contributed by atoms with Gasteiger partial charge in [0.05, 0.1) is 5.75 Å². The highest BCUT2D eigenvalue weighted by Gasteiger charge is 2.25. The number of nitrogens with one attached hydrogen (secondary N) is 1. The van der Waals surface area contributed by atoms with E-state index >= 15 is 0 Å². The molecule has 160 valence electrons. The van der Waals surface area contributed by atoms with Gasteiger partial charge in [0.15, 0.2) is 0 Å². The zero-order valence-corrected chi connectivity index (χ0v) is 18.6. The number of rotatable bonds is 6. The number of hydrogen-bond donors (Lipinski definition) is 1. The predicted octanol–water partition coefficient (Wildman–Crippen LogP) is 2.94. The van der Waals surface area contributed by atoms with E-state index in [9.17, 15) is 9.59 Å². The molecule has 1 aromatic carbocycles. The van der Waals surface area contributed by atoms with Crippen molar-refractivity contribution in [3.8, 4) is 0 Å². The number of aryl methyl sites for hydroxylation is 2. The fourth-order valence-corrected chi connectivity index (χ4v) is 4.46. The molecule has 1 aliphatic carbocycles. The minimum Gasteiger partial charge on any atom is -0.444 e. The van der Waals surface area contributed by atoms with Gasteiger partial charge in [-0.25, -0.2) is 4.79 Å². The Balaban J connectivity index is 1.29. The van der Waals surface area contributed by atoms with Gasteiger partial charge in [0.1, 0.15) is 5.60 Å². The Hall–Kier alpha value is -1.73. The molecule has 0 bridgehead atoms. The summed E-state index contributed by atoms with van der Waals surface area (Å²) in [6.07, 6.45) is 3.36. The van der Waals surface area contributed by atoms with E-state index in [0.717, 1.165) is 26.1 Å². The van der Waals surface area contributed by atoms with Crippen LogP contribution < -0.4 is 5.32 Å². The standard InChI is InChI=1S/C22H33N3O3S/c1-22(2,3)28-21(27)25-13-11-24(12-14-25)10-9-23-20(26)16-29-19-8-7-17-5-4-6-18(17)15-19/h7-8,15H,4-6,9-14,16H2,1-3H3,(H,23,26). The van der Waals surface area contributed by atoms with E-state index in [4.69, 9.17) is 4.74 Å². The Morgan fingerprint density at radius 3 is 2.55 bits per heavy atom. The molecular weight excluding hydrogens is 386 g/mol. The molecular formula is C22H33N3O3S. The summed E-state index contributed by atoms with van der Waals surface area (Å²) in [5.41, 5.74) is 2.45. The third-order valence-electron chi connectivity index (χ3n) is 5.21. The van der Waals surface area contributed by atoms with Crippen molar-refractivity contribution in [3.05, 3.63) is 29.3 Å². The third kappa shape index (κ3) is 6.93. The number of ether oxygens (including phenoxy) is 1. The van der Waals surface area contributed by atoms with Crippen molar-refractivity contribution in [2.24, 2.45) is 0 Å². The lowest BCUT2D eigenvalue weighted by Crippen LogP contribution is -2.51. The van der Waals surface area contributed by atoms with Crippen molar-refractivity contribution in [1.82, 2.24) is 15.1 Å². The van der Waals surface area contributed by atoms with Crippen LogP contribution in [0.15, 0.2) is 23.1 Å². The molecule has 1 saturated heterocycles. The minimum atomic E-state index is -0.462. The van der Waals surface area contributed by atoms with Crippen LogP contribution in [0.5, 0.6) is 0 Å². The zero-order valence-electron chi connectivity index (χ0n) is 17.8. The van der Waals surface area contributed by atoms with Crippen LogP contribution in [0, 0.1) is 0 Å². The highest BCUT2D eigenvalue weighted by atomic mass is 32.2. The van der Waals surface area contributed by atoms with Crippen LogP contribution in [0.1, 0.15) is 38.3 Å². The number of piperazine rings is 1. The van der Waals surface area contributed by atoms with Gasteiger partial charge in [-0.15, -0.1) is 11.8 Å². The van der Waals surface area contributed by atoms with Crippen LogP contribution in [0.4, 0.5) is 4.79 Å². The smallest absolute Gasteiger partial charge is 0.410 e. The Morgan fingerprint density at radius 2 is 1.83 bits per heavy atom. The summed E-state index contributed by atoms with van der Waals surface area (Å²) in [6.45, 7) is 10.0. The van der Waals surface area contributed by atoms with Crippen molar-refractivity contribution in [2.45, 2.75) is 50.5 Å². The van der Waals surface area contributed by atoms with Crippen LogP contribution in [0.3, 0.4) is 0 Å². The van der Waals surface area contributed by atoms with Gasteiger partial charge >= 0.3 is 6.09 Å². The van der Waals surface area contributed by atoms with Crippen LogP contribution in [-0.4, -0.2) is 72.4 Å². The average Bonchev–Trinajstić information content (AvgIpc) is 3.13. The lowest BCUT2D eigenvalue weighted by molar-refractivity contribution is -0.118. The molecule has 0 aromatic heterocycles. The molecule has 1 heterocycles. The summed E-state index contributed by atoms with van der Waals surface area (Å²) in [5, 5.41) is 3.01. The molecule has 0 radical (unpaired) electrons. The van der Waals surface area contributed by atoms with E-state index < -0.39 is 5.60 Å². The molecule has 0 spiro atoms. The van der Waals surface area contributed by atoms with E-state index in [2.05, 4.69) is 28.4 Å². The topological polar surface area (TPSA) is 61.9 Å². The number of carbonyl (C=O) groups excluding carboxylic acids is 2. The van der Waals surface area contributed by atoms with Crippen molar-refractivity contribution < 1.29 is 14.3 Å². The van der Waals surface area contributed by atoms with Crippen LogP contribution in [-0.2, 0) is 22.4 Å². The first kappa shape index (κ1) is 22.0. The second-order valence-corrected chi connectivity index (χ2v) is 9.78. The number of carbonyl (C=O) groups is 2. The number of fused-ring (bicyclic) bond motifs is 1.